The van der Waals surface area contributed by atoms with Crippen LogP contribution >= 0.6 is 0 Å². The van der Waals surface area contributed by atoms with Crippen molar-refractivity contribution in [3.8, 4) is 0 Å². The van der Waals surface area contributed by atoms with Crippen molar-refractivity contribution in [2.45, 2.75) is 12.3 Å². The minimum absolute atomic E-state index is 0.380. The summed E-state index contributed by atoms with van der Waals surface area (Å²) in [7, 11) is 0. The first-order chi connectivity index (χ1) is 9.32. The fraction of sp³-hybridized carbons (Fsp3) is 0.154. The summed E-state index contributed by atoms with van der Waals surface area (Å²) in [6.45, 7) is 0. The smallest absolute Gasteiger partial charge is 0.416 e. The van der Waals surface area contributed by atoms with Crippen LogP contribution < -0.4 is 0 Å². The number of carboxylic acid groups (broad SMARTS) is 1. The maximum Gasteiger partial charge on any atom is 0.416 e. The van der Waals surface area contributed by atoms with Gasteiger partial charge in [0.25, 0.3) is 0 Å². The second-order valence-electron chi connectivity index (χ2n) is 3.99. The molecule has 0 amide bonds. The summed E-state index contributed by atoms with van der Waals surface area (Å²) < 4.78 is 43.4. The van der Waals surface area contributed by atoms with Crippen molar-refractivity contribution in [2.24, 2.45) is 0 Å². The molecule has 0 fully saturated rings. The van der Waals surface area contributed by atoms with Gasteiger partial charge in [0.05, 0.1) is 11.8 Å². The zero-order valence-corrected chi connectivity index (χ0v) is 9.89. The summed E-state index contributed by atoms with van der Waals surface area (Å²) >= 11 is 0. The van der Waals surface area contributed by atoms with Gasteiger partial charge in [-0.1, -0.05) is 18.2 Å². The fourth-order valence-electron chi connectivity index (χ4n) is 1.84. The Kier molecular flexibility index (Phi) is 3.54. The average molecular weight is 286 g/mol. The van der Waals surface area contributed by atoms with Crippen molar-refractivity contribution in [2.75, 3.05) is 0 Å². The number of carbonyl (C=O) groups is 1. The molecule has 0 saturated carbocycles. The zero-order valence-electron chi connectivity index (χ0n) is 9.89. The molecule has 0 spiro atoms. The number of alkyl halides is 3. The van der Waals surface area contributed by atoms with E-state index in [-0.39, 0.29) is 5.56 Å². The number of rotatable bonds is 3. The van der Waals surface area contributed by atoms with Gasteiger partial charge in [-0.3, -0.25) is 0 Å². The first-order valence-corrected chi connectivity index (χ1v) is 5.47. The number of halogens is 3. The van der Waals surface area contributed by atoms with Gasteiger partial charge in [-0.2, -0.15) is 13.2 Å². The Labute approximate surface area is 111 Å². The molecule has 2 aromatic rings. The standard InChI is InChI=1S/C13H9F3O4/c14-13(15,16)9-4-2-1-3-7(9)10(17)11-8(12(18)19)5-6-20-11/h1-6,10,17H,(H,18,19). The van der Waals surface area contributed by atoms with E-state index in [0.29, 0.717) is 0 Å². The number of hydrogen-bond donors (Lipinski definition) is 2. The molecule has 7 heteroatoms. The van der Waals surface area contributed by atoms with E-state index >= 15 is 0 Å². The number of furan rings is 1. The van der Waals surface area contributed by atoms with Crippen LogP contribution in [0.15, 0.2) is 41.0 Å². The minimum Gasteiger partial charge on any atom is -0.478 e. The van der Waals surface area contributed by atoms with Crippen LogP contribution in [0.5, 0.6) is 0 Å². The van der Waals surface area contributed by atoms with Crippen molar-refractivity contribution in [3.05, 3.63) is 59.0 Å². The first-order valence-electron chi connectivity index (χ1n) is 5.47. The van der Waals surface area contributed by atoms with Gasteiger partial charge >= 0.3 is 12.1 Å². The molecule has 0 aliphatic carbocycles. The van der Waals surface area contributed by atoms with Gasteiger partial charge in [0.2, 0.25) is 0 Å². The number of aliphatic hydroxyl groups is 1. The Morgan fingerprint density at radius 2 is 1.85 bits per heavy atom. The van der Waals surface area contributed by atoms with E-state index in [2.05, 4.69) is 0 Å². The van der Waals surface area contributed by atoms with E-state index in [1.165, 1.54) is 12.1 Å². The highest BCUT2D eigenvalue weighted by Gasteiger charge is 2.36. The van der Waals surface area contributed by atoms with E-state index in [0.717, 1.165) is 24.5 Å². The van der Waals surface area contributed by atoms with Gasteiger partial charge < -0.3 is 14.6 Å². The van der Waals surface area contributed by atoms with E-state index in [1.54, 1.807) is 0 Å². The quantitative estimate of drug-likeness (QED) is 0.909. The van der Waals surface area contributed by atoms with Crippen molar-refractivity contribution < 1.29 is 32.6 Å². The van der Waals surface area contributed by atoms with Gasteiger partial charge in [0, 0.05) is 5.56 Å². The summed E-state index contributed by atoms with van der Waals surface area (Å²) in [5.74, 6) is -1.83. The molecule has 2 N–H and O–H groups in total. The molecule has 0 radical (unpaired) electrons. The minimum atomic E-state index is -4.66. The molecule has 20 heavy (non-hydrogen) atoms. The second-order valence-corrected chi connectivity index (χ2v) is 3.99. The molecular weight excluding hydrogens is 277 g/mol. The molecule has 1 heterocycles. The molecule has 2 rings (SSSR count). The third-order valence-electron chi connectivity index (χ3n) is 2.73. The Morgan fingerprint density at radius 3 is 2.45 bits per heavy atom. The summed E-state index contributed by atoms with van der Waals surface area (Å²) in [6.07, 6.45) is -5.47. The Bertz CT molecular complexity index is 631. The number of aromatic carboxylic acids is 1. The molecule has 1 aromatic carbocycles. The van der Waals surface area contributed by atoms with Gasteiger partial charge in [0.1, 0.15) is 11.7 Å². The lowest BCUT2D eigenvalue weighted by atomic mass is 9.98. The van der Waals surface area contributed by atoms with Crippen molar-refractivity contribution in [1.82, 2.24) is 0 Å². The van der Waals surface area contributed by atoms with Crippen LogP contribution in [0.3, 0.4) is 0 Å². The van der Waals surface area contributed by atoms with Crippen LogP contribution in [-0.2, 0) is 6.18 Å². The molecule has 1 unspecified atom stereocenters. The maximum absolute atomic E-state index is 12.9. The number of carboxylic acids is 1. The predicted molar refractivity (Wildman–Crippen MR) is 61.2 cm³/mol. The van der Waals surface area contributed by atoms with Gasteiger partial charge in [-0.05, 0) is 12.1 Å². The lowest BCUT2D eigenvalue weighted by Gasteiger charge is -2.16. The highest BCUT2D eigenvalue weighted by atomic mass is 19.4. The highest BCUT2D eigenvalue weighted by Crippen LogP contribution is 2.37. The maximum atomic E-state index is 12.9. The summed E-state index contributed by atoms with van der Waals surface area (Å²) in [6, 6.07) is 5.44. The van der Waals surface area contributed by atoms with E-state index in [1.807, 2.05) is 0 Å². The molecule has 0 saturated heterocycles. The molecule has 0 aliphatic rings. The van der Waals surface area contributed by atoms with Gasteiger partial charge in [-0.15, -0.1) is 0 Å². The van der Waals surface area contributed by atoms with Crippen LogP contribution in [0.2, 0.25) is 0 Å². The topological polar surface area (TPSA) is 70.7 Å². The molecular formula is C13H9F3O4. The zero-order chi connectivity index (χ0) is 14.9. The SMILES string of the molecule is O=C(O)c1ccoc1C(O)c1ccccc1C(F)(F)F. The van der Waals surface area contributed by atoms with Gasteiger partial charge in [-0.25, -0.2) is 4.79 Å². The molecule has 1 atom stereocenters. The van der Waals surface area contributed by atoms with Crippen molar-refractivity contribution in [1.29, 1.82) is 0 Å². The van der Waals surface area contributed by atoms with Crippen LogP contribution in [0, 0.1) is 0 Å². The van der Waals surface area contributed by atoms with Crippen LogP contribution in [0.25, 0.3) is 0 Å². The first kappa shape index (κ1) is 14.1. The summed E-state index contributed by atoms with van der Waals surface area (Å²) in [5.41, 5.74) is -1.88. The molecule has 0 aliphatic heterocycles. The van der Waals surface area contributed by atoms with E-state index in [4.69, 9.17) is 9.52 Å². The van der Waals surface area contributed by atoms with Gasteiger partial charge in [0.15, 0.2) is 5.76 Å². The lowest BCUT2D eigenvalue weighted by molar-refractivity contribution is -0.139. The van der Waals surface area contributed by atoms with Crippen molar-refractivity contribution in [3.63, 3.8) is 0 Å². The monoisotopic (exact) mass is 286 g/mol. The van der Waals surface area contributed by atoms with Crippen LogP contribution in [-0.4, -0.2) is 16.2 Å². The Morgan fingerprint density at radius 1 is 1.20 bits per heavy atom. The average Bonchev–Trinajstić information content (AvgIpc) is 2.86. The molecule has 106 valence electrons. The Hall–Kier alpha value is -2.28. The normalized spacial score (nSPS) is 13.2. The third-order valence-corrected chi connectivity index (χ3v) is 2.73. The largest absolute Gasteiger partial charge is 0.478 e. The molecule has 0 bridgehead atoms. The van der Waals surface area contributed by atoms with E-state index in [9.17, 15) is 23.1 Å². The lowest BCUT2D eigenvalue weighted by Crippen LogP contribution is -2.13. The van der Waals surface area contributed by atoms with Crippen LogP contribution in [0.1, 0.15) is 33.3 Å². The number of benzene rings is 1. The molecule has 4 nitrogen and oxygen atoms in total. The fourth-order valence-corrected chi connectivity index (χ4v) is 1.84. The number of hydrogen-bond acceptors (Lipinski definition) is 3. The van der Waals surface area contributed by atoms with E-state index < -0.39 is 35.1 Å². The van der Waals surface area contributed by atoms with Crippen molar-refractivity contribution >= 4 is 5.97 Å². The molecule has 1 aromatic heterocycles. The van der Waals surface area contributed by atoms with Crippen LogP contribution in [0.4, 0.5) is 13.2 Å². The Balaban J connectivity index is 2.52. The number of aliphatic hydroxyl groups excluding tert-OH is 1. The predicted octanol–water partition coefficient (Wildman–Crippen LogP) is 3.08. The summed E-state index contributed by atoms with van der Waals surface area (Å²) in [4.78, 5) is 10.9. The summed E-state index contributed by atoms with van der Waals surface area (Å²) in [5, 5.41) is 18.9. The third kappa shape index (κ3) is 2.53. The second kappa shape index (κ2) is 5.01. The highest BCUT2D eigenvalue weighted by molar-refractivity contribution is 5.88.